The molecule has 3 heterocycles. The number of amides is 1. The van der Waals surface area contributed by atoms with Gasteiger partial charge in [-0.2, -0.15) is 0 Å². The Morgan fingerprint density at radius 3 is 3.10 bits per heavy atom. The Kier molecular flexibility index (Phi) is 3.61. The highest BCUT2D eigenvalue weighted by molar-refractivity contribution is 5.83. The predicted molar refractivity (Wildman–Crippen MR) is 78.3 cm³/mol. The van der Waals surface area contributed by atoms with Gasteiger partial charge in [-0.25, -0.2) is 0 Å². The third-order valence-electron chi connectivity index (χ3n) is 4.52. The molecule has 5 heteroatoms. The number of anilines is 1. The van der Waals surface area contributed by atoms with E-state index in [0.717, 1.165) is 43.7 Å². The van der Waals surface area contributed by atoms with Crippen LogP contribution in [0.15, 0.2) is 18.3 Å². The first-order chi connectivity index (χ1) is 9.70. The number of piperidine rings is 1. The molecule has 2 saturated heterocycles. The van der Waals surface area contributed by atoms with Crippen molar-refractivity contribution in [3.8, 4) is 0 Å². The van der Waals surface area contributed by atoms with E-state index in [1.807, 2.05) is 12.3 Å². The van der Waals surface area contributed by atoms with Crippen molar-refractivity contribution in [2.45, 2.75) is 38.3 Å². The molecule has 1 aromatic rings. The molecule has 2 fully saturated rings. The quantitative estimate of drug-likeness (QED) is 0.869. The molecule has 2 aliphatic rings. The number of fused-ring (bicyclic) bond motifs is 1. The Morgan fingerprint density at radius 1 is 1.55 bits per heavy atom. The van der Waals surface area contributed by atoms with Gasteiger partial charge in [-0.15, -0.1) is 0 Å². The van der Waals surface area contributed by atoms with Crippen LogP contribution < -0.4 is 16.0 Å². The van der Waals surface area contributed by atoms with Crippen molar-refractivity contribution >= 4 is 11.6 Å². The number of nitrogens with one attached hydrogen (secondary N) is 1. The van der Waals surface area contributed by atoms with Gasteiger partial charge >= 0.3 is 0 Å². The van der Waals surface area contributed by atoms with Crippen molar-refractivity contribution in [3.05, 3.63) is 24.0 Å². The number of nitrogens with zero attached hydrogens (tertiary/aromatic N) is 2. The van der Waals surface area contributed by atoms with E-state index in [9.17, 15) is 4.79 Å². The second-order valence-electron chi connectivity index (χ2n) is 5.71. The van der Waals surface area contributed by atoms with Crippen LogP contribution in [0.2, 0.25) is 0 Å². The van der Waals surface area contributed by atoms with Crippen LogP contribution in [0.5, 0.6) is 0 Å². The topological polar surface area (TPSA) is 71.2 Å². The van der Waals surface area contributed by atoms with Gasteiger partial charge in [0.05, 0.1) is 29.5 Å². The Bertz CT molecular complexity index is 487. The molecular formula is C15H22N4O. The van der Waals surface area contributed by atoms with E-state index < -0.39 is 0 Å². The molecule has 0 radical (unpaired) electrons. The largest absolute Gasteiger partial charge is 0.365 e. The second kappa shape index (κ2) is 5.40. The molecule has 0 spiro atoms. The molecule has 0 aromatic carbocycles. The number of hydrogen-bond acceptors (Lipinski definition) is 4. The van der Waals surface area contributed by atoms with Crippen molar-refractivity contribution in [3.63, 3.8) is 0 Å². The number of nitrogens with two attached hydrogens (primary N) is 1. The fourth-order valence-corrected chi connectivity index (χ4v) is 3.27. The molecule has 3 rings (SSSR count). The summed E-state index contributed by atoms with van der Waals surface area (Å²) < 4.78 is 0. The summed E-state index contributed by atoms with van der Waals surface area (Å²) in [5.74, 6) is 0.346. The van der Waals surface area contributed by atoms with Gasteiger partial charge in [0.15, 0.2) is 0 Å². The zero-order valence-corrected chi connectivity index (χ0v) is 11.9. The highest BCUT2D eigenvalue weighted by atomic mass is 16.2. The van der Waals surface area contributed by atoms with E-state index in [0.29, 0.717) is 0 Å². The minimum Gasteiger partial charge on any atom is -0.365 e. The SMILES string of the molecule is CC[C@H](N)c1ccc(N2CCCC3C(=O)NCC32)cn1. The lowest BCUT2D eigenvalue weighted by molar-refractivity contribution is -0.122. The number of aromatic nitrogens is 1. The molecule has 1 amide bonds. The van der Waals surface area contributed by atoms with E-state index in [-0.39, 0.29) is 23.9 Å². The average Bonchev–Trinajstić information content (AvgIpc) is 2.88. The Labute approximate surface area is 119 Å². The first-order valence-corrected chi connectivity index (χ1v) is 7.46. The van der Waals surface area contributed by atoms with Crippen LogP contribution >= 0.6 is 0 Å². The summed E-state index contributed by atoms with van der Waals surface area (Å²) in [5.41, 5.74) is 8.03. The monoisotopic (exact) mass is 274 g/mol. The molecule has 108 valence electrons. The predicted octanol–water partition coefficient (Wildman–Crippen LogP) is 1.21. The standard InChI is InChI=1S/C15H22N4O/c1-2-12(16)13-6-5-10(8-17-13)19-7-3-4-11-14(19)9-18-15(11)20/h5-6,8,11-12,14H,2-4,7,9,16H2,1H3,(H,18,20)/t11?,12-,14?/m0/s1. The smallest absolute Gasteiger partial charge is 0.225 e. The van der Waals surface area contributed by atoms with Crippen LogP contribution in [0.1, 0.15) is 37.9 Å². The number of hydrogen-bond donors (Lipinski definition) is 2. The number of carbonyl (C=O) groups excluding carboxylic acids is 1. The van der Waals surface area contributed by atoms with E-state index in [1.54, 1.807) is 0 Å². The van der Waals surface area contributed by atoms with Gasteiger partial charge in [0.2, 0.25) is 5.91 Å². The number of carbonyl (C=O) groups is 1. The lowest BCUT2D eigenvalue weighted by Crippen LogP contribution is -2.45. The van der Waals surface area contributed by atoms with E-state index in [4.69, 9.17) is 5.73 Å². The minimum atomic E-state index is 0.00730. The van der Waals surface area contributed by atoms with Gasteiger partial charge in [0.1, 0.15) is 0 Å². The third kappa shape index (κ3) is 2.26. The summed E-state index contributed by atoms with van der Waals surface area (Å²) >= 11 is 0. The van der Waals surface area contributed by atoms with Crippen LogP contribution in [-0.2, 0) is 4.79 Å². The summed E-state index contributed by atoms with van der Waals surface area (Å²) in [6, 6.07) is 4.39. The summed E-state index contributed by atoms with van der Waals surface area (Å²) in [4.78, 5) is 18.6. The van der Waals surface area contributed by atoms with Crippen molar-refractivity contribution in [1.82, 2.24) is 10.3 Å². The summed E-state index contributed by atoms with van der Waals surface area (Å²) in [5, 5.41) is 2.98. The minimum absolute atomic E-state index is 0.00730. The fraction of sp³-hybridized carbons (Fsp3) is 0.600. The number of rotatable bonds is 3. The van der Waals surface area contributed by atoms with Crippen molar-refractivity contribution in [2.75, 3.05) is 18.0 Å². The van der Waals surface area contributed by atoms with E-state index in [1.165, 1.54) is 0 Å². The zero-order valence-electron chi connectivity index (χ0n) is 11.9. The normalized spacial score (nSPS) is 27.1. The second-order valence-corrected chi connectivity index (χ2v) is 5.71. The summed E-state index contributed by atoms with van der Waals surface area (Å²) in [6.07, 6.45) is 4.85. The molecular weight excluding hydrogens is 252 g/mol. The van der Waals surface area contributed by atoms with Crippen LogP contribution in [0.3, 0.4) is 0 Å². The molecule has 0 saturated carbocycles. The first kappa shape index (κ1) is 13.4. The van der Waals surface area contributed by atoms with Gasteiger partial charge in [0, 0.05) is 19.1 Å². The van der Waals surface area contributed by atoms with E-state index in [2.05, 4.69) is 28.2 Å². The molecule has 2 unspecified atom stereocenters. The third-order valence-corrected chi connectivity index (χ3v) is 4.52. The summed E-state index contributed by atoms with van der Waals surface area (Å²) in [7, 11) is 0. The highest BCUT2D eigenvalue weighted by Crippen LogP contribution is 2.31. The molecule has 0 bridgehead atoms. The van der Waals surface area contributed by atoms with Crippen LogP contribution in [0, 0.1) is 5.92 Å². The zero-order chi connectivity index (χ0) is 14.1. The van der Waals surface area contributed by atoms with E-state index >= 15 is 0 Å². The maximum atomic E-state index is 11.8. The van der Waals surface area contributed by atoms with Crippen molar-refractivity contribution in [2.24, 2.45) is 11.7 Å². The molecule has 3 atom stereocenters. The maximum Gasteiger partial charge on any atom is 0.225 e. The number of pyridine rings is 1. The maximum absolute atomic E-state index is 11.8. The van der Waals surface area contributed by atoms with Crippen molar-refractivity contribution < 1.29 is 4.79 Å². The molecule has 0 aliphatic carbocycles. The Morgan fingerprint density at radius 2 is 2.40 bits per heavy atom. The van der Waals surface area contributed by atoms with Gasteiger partial charge in [0.25, 0.3) is 0 Å². The Hall–Kier alpha value is -1.62. The molecule has 3 N–H and O–H groups in total. The molecule has 20 heavy (non-hydrogen) atoms. The first-order valence-electron chi connectivity index (χ1n) is 7.46. The molecule has 1 aromatic heterocycles. The molecule has 2 aliphatic heterocycles. The van der Waals surface area contributed by atoms with Gasteiger partial charge < -0.3 is 16.0 Å². The van der Waals surface area contributed by atoms with Gasteiger partial charge in [-0.1, -0.05) is 6.92 Å². The van der Waals surface area contributed by atoms with Gasteiger partial charge in [-0.05, 0) is 31.4 Å². The van der Waals surface area contributed by atoms with Crippen LogP contribution in [0.4, 0.5) is 5.69 Å². The fourth-order valence-electron chi connectivity index (χ4n) is 3.27. The Balaban J connectivity index is 1.80. The highest BCUT2D eigenvalue weighted by Gasteiger charge is 2.40. The lowest BCUT2D eigenvalue weighted by Gasteiger charge is -2.37. The lowest BCUT2D eigenvalue weighted by atomic mass is 9.91. The van der Waals surface area contributed by atoms with Gasteiger partial charge in [-0.3, -0.25) is 9.78 Å². The average molecular weight is 274 g/mol. The van der Waals surface area contributed by atoms with Crippen LogP contribution in [0.25, 0.3) is 0 Å². The van der Waals surface area contributed by atoms with Crippen molar-refractivity contribution in [1.29, 1.82) is 0 Å². The summed E-state index contributed by atoms with van der Waals surface area (Å²) in [6.45, 7) is 3.81. The van der Waals surface area contributed by atoms with Crippen LogP contribution in [-0.4, -0.2) is 30.0 Å². The molecule has 5 nitrogen and oxygen atoms in total.